The Kier molecular flexibility index (Phi) is 5.86. The van der Waals surface area contributed by atoms with Gasteiger partial charge in [-0.25, -0.2) is 23.3 Å². The highest BCUT2D eigenvalue weighted by molar-refractivity contribution is 7.99. The predicted molar refractivity (Wildman–Crippen MR) is 132 cm³/mol. The van der Waals surface area contributed by atoms with E-state index in [2.05, 4.69) is 14.9 Å². The second-order valence-electron chi connectivity index (χ2n) is 8.63. The van der Waals surface area contributed by atoms with Crippen LogP contribution >= 0.6 is 23.4 Å². The summed E-state index contributed by atoms with van der Waals surface area (Å²) in [6, 6.07) is 9.81. The van der Waals surface area contributed by atoms with E-state index < -0.39 is 9.73 Å². The number of rotatable bonds is 4. The van der Waals surface area contributed by atoms with Gasteiger partial charge in [0.15, 0.2) is 5.82 Å². The molecule has 1 fully saturated rings. The summed E-state index contributed by atoms with van der Waals surface area (Å²) < 4.78 is 39.7. The maximum absolute atomic E-state index is 13.6. The van der Waals surface area contributed by atoms with Crippen molar-refractivity contribution in [2.75, 3.05) is 30.0 Å². The Bertz CT molecular complexity index is 1380. The number of aromatic nitrogens is 2. The normalized spacial score (nSPS) is 18.4. The fourth-order valence-corrected chi connectivity index (χ4v) is 6.74. The van der Waals surface area contributed by atoms with Crippen LogP contribution in [0.5, 0.6) is 5.75 Å². The zero-order chi connectivity index (χ0) is 24.1. The predicted octanol–water partition coefficient (Wildman–Crippen LogP) is 5.01. The SMILES string of the molecule is CS(=N)(=O)c1cccc(Sc2ncc(N3CCC4(CC3)Cc3ccc(F)cc3O4)nc2N)c1Cl. The summed E-state index contributed by atoms with van der Waals surface area (Å²) in [5.74, 6) is 1.31. The van der Waals surface area contributed by atoms with E-state index in [1.807, 2.05) is 0 Å². The van der Waals surface area contributed by atoms with E-state index in [0.29, 0.717) is 21.5 Å². The van der Waals surface area contributed by atoms with Crippen molar-refractivity contribution in [2.24, 2.45) is 0 Å². The first-order valence-corrected chi connectivity index (χ1v) is 13.8. The van der Waals surface area contributed by atoms with Crippen LogP contribution in [-0.2, 0) is 16.1 Å². The van der Waals surface area contributed by atoms with Crippen molar-refractivity contribution < 1.29 is 13.3 Å². The third-order valence-corrected chi connectivity index (χ3v) is 9.05. The smallest absolute Gasteiger partial charge is 0.158 e. The minimum Gasteiger partial charge on any atom is -0.486 e. The molecule has 1 aromatic heterocycles. The molecule has 0 amide bonds. The quantitative estimate of drug-likeness (QED) is 0.499. The van der Waals surface area contributed by atoms with Crippen LogP contribution in [0.3, 0.4) is 0 Å². The maximum atomic E-state index is 13.6. The molecule has 0 bridgehead atoms. The summed E-state index contributed by atoms with van der Waals surface area (Å²) in [6.07, 6.45) is 5.37. The second-order valence-corrected chi connectivity index (χ2v) is 12.2. The van der Waals surface area contributed by atoms with Crippen LogP contribution in [-0.4, -0.2) is 39.1 Å². The van der Waals surface area contributed by atoms with Crippen molar-refractivity contribution >= 4 is 44.7 Å². The standard InChI is InChI=1S/C23H23ClFN5O2S2/c1-34(27,31)18-4-2-3-17(20(18)24)33-22-21(26)29-19(13-28-22)30-9-7-23(8-10-30)12-14-5-6-15(25)11-16(14)32-23/h2-6,11,13,27H,7-10,12H2,1H3,(H2,26,29). The topological polar surface area (TPSA) is 105 Å². The number of nitrogen functional groups attached to an aromatic ring is 1. The second kappa shape index (κ2) is 8.58. The van der Waals surface area contributed by atoms with Crippen LogP contribution in [0.25, 0.3) is 0 Å². The summed E-state index contributed by atoms with van der Waals surface area (Å²) >= 11 is 7.63. The van der Waals surface area contributed by atoms with Crippen molar-refractivity contribution in [3.63, 3.8) is 0 Å². The van der Waals surface area contributed by atoms with Crippen molar-refractivity contribution in [3.05, 3.63) is 59.0 Å². The summed E-state index contributed by atoms with van der Waals surface area (Å²) in [5.41, 5.74) is 6.96. The Hall–Kier alpha value is -2.56. The average molecular weight is 520 g/mol. The van der Waals surface area contributed by atoms with Gasteiger partial charge in [-0.1, -0.05) is 35.5 Å². The van der Waals surface area contributed by atoms with Gasteiger partial charge in [-0.2, -0.15) is 0 Å². The molecule has 2 aliphatic heterocycles. The number of benzene rings is 2. The Morgan fingerprint density at radius 3 is 2.76 bits per heavy atom. The number of hydrogen-bond donors (Lipinski definition) is 2. The van der Waals surface area contributed by atoms with Gasteiger partial charge in [0.25, 0.3) is 0 Å². The van der Waals surface area contributed by atoms with E-state index in [1.54, 1.807) is 30.5 Å². The Labute approximate surface area is 206 Å². The van der Waals surface area contributed by atoms with E-state index in [4.69, 9.17) is 26.9 Å². The van der Waals surface area contributed by atoms with E-state index in [0.717, 1.165) is 37.9 Å². The van der Waals surface area contributed by atoms with Gasteiger partial charge in [0.1, 0.15) is 28.0 Å². The summed E-state index contributed by atoms with van der Waals surface area (Å²) in [6.45, 7) is 1.44. The number of nitrogens with zero attached hydrogens (tertiary/aromatic N) is 3. The molecule has 178 valence electrons. The van der Waals surface area contributed by atoms with E-state index in [1.165, 1.54) is 30.2 Å². The minimum absolute atomic E-state index is 0.263. The summed E-state index contributed by atoms with van der Waals surface area (Å²) in [5, 5.41) is 0.750. The third-order valence-electron chi connectivity index (χ3n) is 6.17. The van der Waals surface area contributed by atoms with Gasteiger partial charge < -0.3 is 15.4 Å². The van der Waals surface area contributed by atoms with E-state index in [9.17, 15) is 8.60 Å². The molecule has 0 aliphatic carbocycles. The van der Waals surface area contributed by atoms with Crippen molar-refractivity contribution in [2.45, 2.75) is 39.7 Å². The lowest BCUT2D eigenvalue weighted by molar-refractivity contribution is 0.0664. The molecule has 0 saturated carbocycles. The largest absolute Gasteiger partial charge is 0.486 e. The van der Waals surface area contributed by atoms with Crippen molar-refractivity contribution in [3.8, 4) is 5.75 Å². The lowest BCUT2D eigenvalue weighted by Gasteiger charge is -2.39. The van der Waals surface area contributed by atoms with Crippen LogP contribution in [0.15, 0.2) is 57.4 Å². The number of piperidine rings is 1. The molecule has 1 spiro atoms. The minimum atomic E-state index is -2.96. The molecule has 11 heteroatoms. The fraction of sp³-hybridized carbons (Fsp3) is 0.304. The highest BCUT2D eigenvalue weighted by atomic mass is 35.5. The Morgan fingerprint density at radius 1 is 1.29 bits per heavy atom. The Balaban J connectivity index is 1.28. The van der Waals surface area contributed by atoms with Crippen LogP contribution in [0.4, 0.5) is 16.0 Å². The molecule has 7 nitrogen and oxygen atoms in total. The highest BCUT2D eigenvalue weighted by Crippen LogP contribution is 2.42. The lowest BCUT2D eigenvalue weighted by atomic mass is 9.87. The van der Waals surface area contributed by atoms with Gasteiger partial charge in [-0.05, 0) is 23.8 Å². The van der Waals surface area contributed by atoms with Gasteiger partial charge in [-0.3, -0.25) is 0 Å². The maximum Gasteiger partial charge on any atom is 0.158 e. The summed E-state index contributed by atoms with van der Waals surface area (Å²) in [4.78, 5) is 12.1. The zero-order valence-corrected chi connectivity index (χ0v) is 20.8. The molecule has 1 atom stereocenters. The van der Waals surface area contributed by atoms with Crippen LogP contribution < -0.4 is 15.4 Å². The molecule has 1 unspecified atom stereocenters. The molecule has 5 rings (SSSR count). The first-order valence-electron chi connectivity index (χ1n) is 10.7. The van der Waals surface area contributed by atoms with Crippen LogP contribution in [0, 0.1) is 10.6 Å². The van der Waals surface area contributed by atoms with Crippen LogP contribution in [0.2, 0.25) is 5.02 Å². The number of fused-ring (bicyclic) bond motifs is 1. The molecule has 3 aromatic rings. The van der Waals surface area contributed by atoms with E-state index in [-0.39, 0.29) is 27.2 Å². The molecule has 2 aromatic carbocycles. The van der Waals surface area contributed by atoms with Crippen molar-refractivity contribution in [1.82, 2.24) is 9.97 Å². The number of halogens is 2. The zero-order valence-electron chi connectivity index (χ0n) is 18.4. The monoisotopic (exact) mass is 519 g/mol. The molecular formula is C23H23ClFN5O2S2. The third kappa shape index (κ3) is 4.42. The van der Waals surface area contributed by atoms with E-state index >= 15 is 0 Å². The Morgan fingerprint density at radius 2 is 2.06 bits per heavy atom. The molecular weight excluding hydrogens is 497 g/mol. The number of nitrogens with one attached hydrogen (secondary N) is 1. The van der Waals surface area contributed by atoms with Crippen molar-refractivity contribution in [1.29, 1.82) is 4.78 Å². The number of nitrogens with two attached hydrogens (primary N) is 1. The lowest BCUT2D eigenvalue weighted by Crippen LogP contribution is -2.47. The number of hydrogen-bond acceptors (Lipinski definition) is 8. The van der Waals surface area contributed by atoms with Gasteiger partial charge >= 0.3 is 0 Å². The van der Waals surface area contributed by atoms with Crippen LogP contribution in [0.1, 0.15) is 18.4 Å². The molecule has 3 N–H and O–H groups in total. The fourth-order valence-electron chi connectivity index (χ4n) is 4.40. The molecule has 34 heavy (non-hydrogen) atoms. The molecule has 2 aliphatic rings. The first-order chi connectivity index (χ1) is 16.1. The molecule has 1 saturated heterocycles. The van der Waals surface area contributed by atoms with Gasteiger partial charge in [0, 0.05) is 49.6 Å². The highest BCUT2D eigenvalue weighted by Gasteiger charge is 2.42. The molecule has 3 heterocycles. The summed E-state index contributed by atoms with van der Waals surface area (Å²) in [7, 11) is -2.96. The van der Waals surface area contributed by atoms with Gasteiger partial charge in [0.05, 0.1) is 25.8 Å². The number of anilines is 2. The van der Waals surface area contributed by atoms with Gasteiger partial charge in [0.2, 0.25) is 0 Å². The van der Waals surface area contributed by atoms with Gasteiger partial charge in [-0.15, -0.1) is 0 Å². The molecule has 0 radical (unpaired) electrons. The average Bonchev–Trinajstić information content (AvgIpc) is 3.12. The first kappa shape index (κ1) is 23.2. The number of ether oxygens (including phenoxy) is 1.